The number of ketones is 2. The number of allylic oxidation sites excluding steroid dienone is 4. The Hall–Kier alpha value is -2.35. The Labute approximate surface area is 211 Å². The van der Waals surface area contributed by atoms with Gasteiger partial charge in [0.05, 0.1) is 6.10 Å². The fourth-order valence-electron chi connectivity index (χ4n) is 8.01. The standard InChI is InChI=1S/C28H37FO7/c1-6-23(33)35-15-22(32)28(36-24(34)7-2)16(3)12-20-19-9-8-17-13-18(30)10-11-25(17,4)27(19,29)21(31)14-26(20,28)5/h10-11,13,16,19-21,31H,6-9,12,14-15H2,1-5H3/t16-,19-,20-,21+,25-,26-,27+,28+/m0/s1. The van der Waals surface area contributed by atoms with Crippen molar-refractivity contribution in [2.75, 3.05) is 6.61 Å². The van der Waals surface area contributed by atoms with Crippen LogP contribution in [0.4, 0.5) is 4.39 Å². The van der Waals surface area contributed by atoms with Crippen molar-refractivity contribution >= 4 is 23.5 Å². The summed E-state index contributed by atoms with van der Waals surface area (Å²) < 4.78 is 28.5. The quantitative estimate of drug-likeness (QED) is 0.548. The summed E-state index contributed by atoms with van der Waals surface area (Å²) in [5.41, 5.74) is -5.26. The maximum Gasteiger partial charge on any atom is 0.306 e. The number of Topliss-reactive ketones (excluding diaryl/α,β-unsaturated/α-hetero) is 1. The minimum Gasteiger partial charge on any atom is -0.457 e. The zero-order valence-corrected chi connectivity index (χ0v) is 21.8. The van der Waals surface area contributed by atoms with Crippen molar-refractivity contribution in [3.8, 4) is 0 Å². The van der Waals surface area contributed by atoms with E-state index in [1.807, 2.05) is 6.92 Å². The molecular formula is C28H37FO7. The molecule has 0 bridgehead atoms. The van der Waals surface area contributed by atoms with Crippen LogP contribution in [0.15, 0.2) is 23.8 Å². The Balaban J connectivity index is 1.80. The summed E-state index contributed by atoms with van der Waals surface area (Å²) in [4.78, 5) is 50.3. The SMILES string of the molecule is CCC(=O)OCC(=O)[C@]1(OC(=O)CC)[C@@H](C)C[C@H]2[C@@H]3CCC4=CC(=O)C=C[C@]4(C)[C@]3(F)[C@H](O)C[C@@]21C. The second-order valence-electron chi connectivity index (χ2n) is 11.4. The van der Waals surface area contributed by atoms with Crippen LogP contribution in [0.3, 0.4) is 0 Å². The third kappa shape index (κ3) is 3.39. The first-order valence-corrected chi connectivity index (χ1v) is 13.0. The zero-order chi connectivity index (χ0) is 26.7. The van der Waals surface area contributed by atoms with Gasteiger partial charge >= 0.3 is 11.9 Å². The lowest BCUT2D eigenvalue weighted by Crippen LogP contribution is -2.70. The number of aliphatic hydroxyl groups excluding tert-OH is 1. The van der Waals surface area contributed by atoms with E-state index in [1.165, 1.54) is 12.2 Å². The summed E-state index contributed by atoms with van der Waals surface area (Å²) in [6.45, 7) is 8.05. The summed E-state index contributed by atoms with van der Waals surface area (Å²) in [6, 6.07) is 0. The van der Waals surface area contributed by atoms with Crippen molar-refractivity contribution < 1.29 is 38.1 Å². The van der Waals surface area contributed by atoms with Gasteiger partial charge < -0.3 is 14.6 Å². The van der Waals surface area contributed by atoms with E-state index in [4.69, 9.17) is 9.47 Å². The number of carbonyl (C=O) groups excluding carboxylic acids is 4. The predicted molar refractivity (Wildman–Crippen MR) is 128 cm³/mol. The minimum atomic E-state index is -2.05. The molecule has 36 heavy (non-hydrogen) atoms. The highest BCUT2D eigenvalue weighted by Crippen LogP contribution is 2.71. The van der Waals surface area contributed by atoms with Crippen molar-refractivity contribution in [3.05, 3.63) is 23.8 Å². The third-order valence-corrected chi connectivity index (χ3v) is 9.81. The van der Waals surface area contributed by atoms with E-state index < -0.39 is 64.4 Å². The summed E-state index contributed by atoms with van der Waals surface area (Å²) in [7, 11) is 0. The normalized spacial score (nSPS) is 43.1. The maximum absolute atomic E-state index is 17.4. The molecule has 0 saturated heterocycles. The predicted octanol–water partition coefficient (Wildman–Crippen LogP) is 3.82. The molecule has 3 saturated carbocycles. The van der Waals surface area contributed by atoms with Crippen LogP contribution in [0.2, 0.25) is 0 Å². The van der Waals surface area contributed by atoms with E-state index in [2.05, 4.69) is 0 Å². The van der Waals surface area contributed by atoms with Crippen LogP contribution in [0.25, 0.3) is 0 Å². The van der Waals surface area contributed by atoms with Gasteiger partial charge in [-0.1, -0.05) is 39.3 Å². The van der Waals surface area contributed by atoms with Gasteiger partial charge in [0.2, 0.25) is 5.78 Å². The molecule has 0 aromatic rings. The van der Waals surface area contributed by atoms with Gasteiger partial charge in [-0.15, -0.1) is 0 Å². The highest BCUT2D eigenvalue weighted by Gasteiger charge is 2.77. The molecule has 0 aromatic heterocycles. The molecule has 0 spiro atoms. The van der Waals surface area contributed by atoms with Crippen LogP contribution in [-0.4, -0.2) is 52.6 Å². The molecule has 7 nitrogen and oxygen atoms in total. The van der Waals surface area contributed by atoms with E-state index in [0.29, 0.717) is 24.8 Å². The fourth-order valence-corrected chi connectivity index (χ4v) is 8.01. The number of rotatable bonds is 6. The van der Waals surface area contributed by atoms with E-state index in [1.54, 1.807) is 33.8 Å². The Morgan fingerprint density at radius 3 is 2.44 bits per heavy atom. The molecule has 0 aromatic carbocycles. The topological polar surface area (TPSA) is 107 Å². The molecule has 0 amide bonds. The lowest BCUT2D eigenvalue weighted by molar-refractivity contribution is -0.228. The molecular weight excluding hydrogens is 467 g/mol. The molecule has 4 aliphatic rings. The van der Waals surface area contributed by atoms with Crippen LogP contribution < -0.4 is 0 Å². The van der Waals surface area contributed by atoms with Gasteiger partial charge in [0.1, 0.15) is 0 Å². The number of hydrogen-bond donors (Lipinski definition) is 1. The molecule has 0 aliphatic heterocycles. The second kappa shape index (κ2) is 8.89. The zero-order valence-electron chi connectivity index (χ0n) is 21.8. The second-order valence-corrected chi connectivity index (χ2v) is 11.4. The summed E-state index contributed by atoms with van der Waals surface area (Å²) in [5.74, 6) is -3.31. The first-order valence-electron chi connectivity index (χ1n) is 13.0. The molecule has 8 atom stereocenters. The highest BCUT2D eigenvalue weighted by molar-refractivity contribution is 6.01. The number of ether oxygens (including phenoxy) is 2. The van der Waals surface area contributed by atoms with Gasteiger partial charge in [-0.3, -0.25) is 19.2 Å². The van der Waals surface area contributed by atoms with Crippen LogP contribution in [0, 0.1) is 28.6 Å². The van der Waals surface area contributed by atoms with Gasteiger partial charge in [-0.25, -0.2) is 4.39 Å². The van der Waals surface area contributed by atoms with Crippen molar-refractivity contribution in [2.24, 2.45) is 28.6 Å². The van der Waals surface area contributed by atoms with Crippen LogP contribution >= 0.6 is 0 Å². The number of hydrogen-bond acceptors (Lipinski definition) is 7. The van der Waals surface area contributed by atoms with E-state index in [0.717, 1.165) is 0 Å². The Kier molecular flexibility index (Phi) is 6.60. The lowest BCUT2D eigenvalue weighted by atomic mass is 9.44. The van der Waals surface area contributed by atoms with Crippen molar-refractivity contribution in [1.29, 1.82) is 0 Å². The lowest BCUT2D eigenvalue weighted by Gasteiger charge is -2.62. The molecule has 3 fully saturated rings. The van der Waals surface area contributed by atoms with Crippen LogP contribution in [0.1, 0.15) is 73.1 Å². The Morgan fingerprint density at radius 1 is 1.14 bits per heavy atom. The number of carbonyl (C=O) groups is 4. The van der Waals surface area contributed by atoms with Gasteiger partial charge in [0, 0.05) is 35.5 Å². The first-order chi connectivity index (χ1) is 16.8. The van der Waals surface area contributed by atoms with E-state index in [-0.39, 0.29) is 31.0 Å². The molecule has 8 heteroatoms. The van der Waals surface area contributed by atoms with E-state index >= 15 is 4.39 Å². The number of halogens is 1. The van der Waals surface area contributed by atoms with Crippen molar-refractivity contribution in [2.45, 2.75) is 90.5 Å². The Bertz CT molecular complexity index is 1050. The largest absolute Gasteiger partial charge is 0.457 e. The molecule has 0 radical (unpaired) electrons. The van der Waals surface area contributed by atoms with Crippen molar-refractivity contribution in [1.82, 2.24) is 0 Å². The number of aliphatic hydroxyl groups is 1. The molecule has 4 rings (SSSR count). The van der Waals surface area contributed by atoms with Gasteiger partial charge in [0.15, 0.2) is 23.7 Å². The molecule has 0 unspecified atom stereocenters. The molecule has 4 aliphatic carbocycles. The number of fused-ring (bicyclic) bond motifs is 5. The average Bonchev–Trinajstić information content (AvgIpc) is 3.05. The van der Waals surface area contributed by atoms with Gasteiger partial charge in [0.25, 0.3) is 0 Å². The summed E-state index contributed by atoms with van der Waals surface area (Å²) >= 11 is 0. The monoisotopic (exact) mass is 504 g/mol. The molecule has 198 valence electrons. The Morgan fingerprint density at radius 2 is 1.81 bits per heavy atom. The van der Waals surface area contributed by atoms with Gasteiger partial charge in [-0.05, 0) is 50.7 Å². The number of alkyl halides is 1. The smallest absolute Gasteiger partial charge is 0.306 e. The van der Waals surface area contributed by atoms with E-state index in [9.17, 15) is 24.3 Å². The summed E-state index contributed by atoms with van der Waals surface area (Å²) in [5, 5.41) is 11.5. The molecule has 0 heterocycles. The summed E-state index contributed by atoms with van der Waals surface area (Å²) in [6.07, 6.45) is 4.32. The minimum absolute atomic E-state index is 0.0430. The number of esters is 2. The van der Waals surface area contributed by atoms with Crippen LogP contribution in [-0.2, 0) is 28.7 Å². The first kappa shape index (κ1) is 26.7. The van der Waals surface area contributed by atoms with Crippen LogP contribution in [0.5, 0.6) is 0 Å². The fraction of sp³-hybridized carbons (Fsp3) is 0.714. The maximum atomic E-state index is 17.4. The van der Waals surface area contributed by atoms with Crippen molar-refractivity contribution in [3.63, 3.8) is 0 Å². The average molecular weight is 505 g/mol. The highest BCUT2D eigenvalue weighted by atomic mass is 19.1. The molecule has 1 N–H and O–H groups in total. The third-order valence-electron chi connectivity index (χ3n) is 9.81. The van der Waals surface area contributed by atoms with Gasteiger partial charge in [-0.2, -0.15) is 0 Å².